The Hall–Kier alpha value is -2.67. The second kappa shape index (κ2) is 6.84. The van der Waals surface area contributed by atoms with Gasteiger partial charge in [-0.15, -0.1) is 5.10 Å². The largest absolute Gasteiger partial charge is 0.486 e. The number of rotatable bonds is 5. The lowest BCUT2D eigenvalue weighted by atomic mass is 10.2. The van der Waals surface area contributed by atoms with Gasteiger partial charge in [-0.2, -0.15) is 0 Å². The van der Waals surface area contributed by atoms with Gasteiger partial charge in [0.2, 0.25) is 0 Å². The Morgan fingerprint density at radius 3 is 3.08 bits per heavy atom. The van der Waals surface area contributed by atoms with Crippen LogP contribution in [0.5, 0.6) is 5.75 Å². The zero-order valence-electron chi connectivity index (χ0n) is 13.3. The molecule has 4 rings (SSSR count). The topological polar surface area (TPSA) is 69.2 Å². The van der Waals surface area contributed by atoms with Crippen molar-refractivity contribution in [3.8, 4) is 5.75 Å². The molecule has 7 nitrogen and oxygen atoms in total. The highest BCUT2D eigenvalue weighted by Crippen LogP contribution is 2.18. The third-order valence-electron chi connectivity index (χ3n) is 4.13. The molecule has 0 N–H and O–H groups in total. The first kappa shape index (κ1) is 14.9. The highest BCUT2D eigenvalue weighted by Gasteiger charge is 2.20. The Bertz CT molecular complexity index is 770. The number of hydrogen-bond acceptors (Lipinski definition) is 6. The molecule has 0 unspecified atom stereocenters. The second-order valence-corrected chi connectivity index (χ2v) is 5.88. The summed E-state index contributed by atoms with van der Waals surface area (Å²) >= 11 is 0. The molecule has 0 aliphatic carbocycles. The molecule has 0 fully saturated rings. The lowest BCUT2D eigenvalue weighted by Gasteiger charge is -2.18. The van der Waals surface area contributed by atoms with Gasteiger partial charge in [-0.05, 0) is 24.6 Å². The minimum Gasteiger partial charge on any atom is -0.486 e. The van der Waals surface area contributed by atoms with Gasteiger partial charge >= 0.3 is 0 Å². The molecule has 0 spiro atoms. The average molecular weight is 325 g/mol. The van der Waals surface area contributed by atoms with Crippen molar-refractivity contribution in [3.05, 3.63) is 60.1 Å². The number of aryl methyl sites for hydroxylation is 1. The van der Waals surface area contributed by atoms with E-state index >= 15 is 0 Å². The third kappa shape index (κ3) is 3.30. The third-order valence-corrected chi connectivity index (χ3v) is 4.13. The highest BCUT2D eigenvalue weighted by atomic mass is 16.5. The Labute approximate surface area is 139 Å². The number of fused-ring (bicyclic) bond motifs is 1. The van der Waals surface area contributed by atoms with E-state index in [9.17, 15) is 0 Å². The molecular weight excluding hydrogens is 306 g/mol. The van der Waals surface area contributed by atoms with Gasteiger partial charge in [0.25, 0.3) is 0 Å². The molecule has 0 saturated carbocycles. The fourth-order valence-electron chi connectivity index (χ4n) is 2.93. The summed E-state index contributed by atoms with van der Waals surface area (Å²) < 4.78 is 13.0. The van der Waals surface area contributed by atoms with Gasteiger partial charge in [-0.25, -0.2) is 4.68 Å². The van der Waals surface area contributed by atoms with Crippen molar-refractivity contribution in [2.24, 2.45) is 0 Å². The minimum absolute atomic E-state index is 0.403. The van der Waals surface area contributed by atoms with Crippen LogP contribution in [-0.4, -0.2) is 31.4 Å². The molecule has 0 radical (unpaired) electrons. The van der Waals surface area contributed by atoms with Crippen molar-refractivity contribution in [3.63, 3.8) is 0 Å². The zero-order valence-corrected chi connectivity index (χ0v) is 13.3. The maximum atomic E-state index is 5.79. The average Bonchev–Trinajstić information content (AvgIpc) is 3.20. The number of furan rings is 1. The van der Waals surface area contributed by atoms with Crippen molar-refractivity contribution in [1.82, 2.24) is 24.9 Å². The van der Waals surface area contributed by atoms with Gasteiger partial charge in [0, 0.05) is 37.9 Å². The molecule has 24 heavy (non-hydrogen) atoms. The first-order valence-electron chi connectivity index (χ1n) is 8.06. The number of nitrogens with zero attached hydrogens (tertiary/aromatic N) is 5. The number of aromatic nitrogens is 4. The zero-order chi connectivity index (χ0) is 16.2. The molecule has 124 valence electrons. The van der Waals surface area contributed by atoms with Crippen molar-refractivity contribution in [2.75, 3.05) is 6.54 Å². The van der Waals surface area contributed by atoms with Gasteiger partial charge in [0.15, 0.2) is 0 Å². The monoisotopic (exact) mass is 325 g/mol. The SMILES string of the molecule is c1cncc(OCc2nnn3c2CN(Cc2ccoc2)CCC3)c1. The smallest absolute Gasteiger partial charge is 0.138 e. The van der Waals surface area contributed by atoms with E-state index < -0.39 is 0 Å². The maximum Gasteiger partial charge on any atom is 0.138 e. The van der Waals surface area contributed by atoms with Crippen LogP contribution in [0, 0.1) is 0 Å². The predicted octanol–water partition coefficient (Wildman–Crippen LogP) is 2.25. The summed E-state index contributed by atoms with van der Waals surface area (Å²) in [6.45, 7) is 3.99. The van der Waals surface area contributed by atoms with E-state index in [4.69, 9.17) is 9.15 Å². The number of pyridine rings is 1. The number of ether oxygens (including phenoxy) is 1. The molecule has 1 aliphatic heterocycles. The van der Waals surface area contributed by atoms with Gasteiger partial charge in [-0.3, -0.25) is 9.88 Å². The van der Waals surface area contributed by atoms with Crippen LogP contribution < -0.4 is 4.74 Å². The van der Waals surface area contributed by atoms with Crippen LogP contribution >= 0.6 is 0 Å². The fourth-order valence-corrected chi connectivity index (χ4v) is 2.93. The van der Waals surface area contributed by atoms with Gasteiger partial charge in [0.1, 0.15) is 18.1 Å². The molecule has 4 heterocycles. The van der Waals surface area contributed by atoms with E-state index in [1.807, 2.05) is 22.9 Å². The maximum absolute atomic E-state index is 5.79. The molecule has 0 aromatic carbocycles. The van der Waals surface area contributed by atoms with Crippen LogP contribution in [-0.2, 0) is 26.2 Å². The van der Waals surface area contributed by atoms with Gasteiger partial charge < -0.3 is 9.15 Å². The highest BCUT2D eigenvalue weighted by molar-refractivity contribution is 5.17. The molecule has 0 bridgehead atoms. The van der Waals surface area contributed by atoms with Crippen LogP contribution in [0.25, 0.3) is 0 Å². The summed E-state index contributed by atoms with van der Waals surface area (Å²) in [5, 5.41) is 8.59. The van der Waals surface area contributed by atoms with E-state index in [1.165, 1.54) is 5.56 Å². The lowest BCUT2D eigenvalue weighted by molar-refractivity contribution is 0.254. The normalized spacial score (nSPS) is 15.0. The molecule has 0 atom stereocenters. The summed E-state index contributed by atoms with van der Waals surface area (Å²) in [6.07, 6.45) is 7.99. The van der Waals surface area contributed by atoms with Gasteiger partial charge in [0.05, 0.1) is 24.4 Å². The molecule has 3 aromatic heterocycles. The predicted molar refractivity (Wildman–Crippen MR) is 86.0 cm³/mol. The first-order chi connectivity index (χ1) is 11.9. The van der Waals surface area contributed by atoms with E-state index in [-0.39, 0.29) is 0 Å². The van der Waals surface area contributed by atoms with Gasteiger partial charge in [-0.1, -0.05) is 5.21 Å². The quantitative estimate of drug-likeness (QED) is 0.716. The molecule has 1 aliphatic rings. The summed E-state index contributed by atoms with van der Waals surface area (Å²) in [5.74, 6) is 0.739. The summed E-state index contributed by atoms with van der Waals surface area (Å²) in [5.41, 5.74) is 3.20. The van der Waals surface area contributed by atoms with Crippen molar-refractivity contribution < 1.29 is 9.15 Å². The van der Waals surface area contributed by atoms with Crippen LogP contribution in [0.15, 0.2) is 47.5 Å². The van der Waals surface area contributed by atoms with Crippen LogP contribution in [0.3, 0.4) is 0 Å². The Balaban J connectivity index is 1.47. The standard InChI is InChI=1S/C17H19N5O2/c1-3-15(9-18-5-1)24-13-16-17-11-21(10-14-4-8-23-12-14)6-2-7-22(17)20-19-16/h1,3-5,8-9,12H,2,6-7,10-11,13H2. The van der Waals surface area contributed by atoms with E-state index in [1.54, 1.807) is 24.9 Å². The Morgan fingerprint density at radius 1 is 1.25 bits per heavy atom. The molecular formula is C17H19N5O2. The summed E-state index contributed by atoms with van der Waals surface area (Å²) in [7, 11) is 0. The van der Waals surface area contributed by atoms with Crippen LogP contribution in [0.1, 0.15) is 23.4 Å². The molecule has 0 saturated heterocycles. The fraction of sp³-hybridized carbons (Fsp3) is 0.353. The Morgan fingerprint density at radius 2 is 2.25 bits per heavy atom. The summed E-state index contributed by atoms with van der Waals surface area (Å²) in [6, 6.07) is 5.75. The molecule has 7 heteroatoms. The van der Waals surface area contributed by atoms with E-state index in [0.29, 0.717) is 6.61 Å². The summed E-state index contributed by atoms with van der Waals surface area (Å²) in [4.78, 5) is 6.45. The van der Waals surface area contributed by atoms with Crippen molar-refractivity contribution >= 4 is 0 Å². The molecule has 0 amide bonds. The van der Waals surface area contributed by atoms with Crippen molar-refractivity contribution in [1.29, 1.82) is 0 Å². The van der Waals surface area contributed by atoms with Crippen LogP contribution in [0.2, 0.25) is 0 Å². The second-order valence-electron chi connectivity index (χ2n) is 5.88. The van der Waals surface area contributed by atoms with E-state index in [0.717, 1.165) is 49.7 Å². The lowest BCUT2D eigenvalue weighted by Crippen LogP contribution is -2.23. The van der Waals surface area contributed by atoms with Crippen LogP contribution in [0.4, 0.5) is 0 Å². The first-order valence-corrected chi connectivity index (χ1v) is 8.06. The minimum atomic E-state index is 0.403. The molecule has 3 aromatic rings. The Kier molecular flexibility index (Phi) is 4.24. The van der Waals surface area contributed by atoms with E-state index in [2.05, 4.69) is 20.2 Å². The number of hydrogen-bond donors (Lipinski definition) is 0. The van der Waals surface area contributed by atoms with Crippen molar-refractivity contribution in [2.45, 2.75) is 32.7 Å².